The number of nitrogens with zero attached hydrogens (tertiary/aromatic N) is 1. The van der Waals surface area contributed by atoms with E-state index in [1.807, 2.05) is 0 Å². The van der Waals surface area contributed by atoms with Crippen molar-refractivity contribution in [2.24, 2.45) is 5.92 Å². The summed E-state index contributed by atoms with van der Waals surface area (Å²) < 4.78 is 0. The van der Waals surface area contributed by atoms with E-state index in [0.29, 0.717) is 12.0 Å². The van der Waals surface area contributed by atoms with Gasteiger partial charge in [-0.05, 0) is 49.9 Å². The predicted molar refractivity (Wildman–Crippen MR) is 79.0 cm³/mol. The van der Waals surface area contributed by atoms with E-state index >= 15 is 0 Å². The Morgan fingerprint density at radius 3 is 2.78 bits per heavy atom. The highest BCUT2D eigenvalue weighted by atomic mass is 15.1. The second-order valence-corrected chi connectivity index (χ2v) is 5.92. The van der Waals surface area contributed by atoms with Crippen molar-refractivity contribution in [3.63, 3.8) is 0 Å². The second kappa shape index (κ2) is 5.75. The molecule has 1 N–H and O–H groups in total. The van der Waals surface area contributed by atoms with E-state index < -0.39 is 0 Å². The molecule has 2 nitrogen and oxygen atoms in total. The van der Waals surface area contributed by atoms with Crippen LogP contribution in [0, 0.1) is 5.92 Å². The number of anilines is 1. The molecule has 1 unspecified atom stereocenters. The number of fused-ring (bicyclic) bond motifs is 1. The smallest absolute Gasteiger partial charge is 0.0372 e. The second-order valence-electron chi connectivity index (χ2n) is 5.92. The minimum atomic E-state index is 0.624. The van der Waals surface area contributed by atoms with Crippen molar-refractivity contribution in [3.05, 3.63) is 29.3 Å². The first-order chi connectivity index (χ1) is 8.58. The lowest BCUT2D eigenvalue weighted by Crippen LogP contribution is -2.32. The zero-order valence-corrected chi connectivity index (χ0v) is 12.2. The Balaban J connectivity index is 2.05. The van der Waals surface area contributed by atoms with Gasteiger partial charge in [0.2, 0.25) is 0 Å². The third-order valence-corrected chi connectivity index (χ3v) is 4.20. The monoisotopic (exact) mass is 246 g/mol. The molecule has 1 aliphatic rings. The number of hydrogen-bond donors (Lipinski definition) is 1. The lowest BCUT2D eigenvalue weighted by molar-refractivity contribution is 0.200. The molecule has 1 aromatic carbocycles. The van der Waals surface area contributed by atoms with Crippen LogP contribution in [0.2, 0.25) is 0 Å². The average Bonchev–Trinajstić information content (AvgIpc) is 2.37. The van der Waals surface area contributed by atoms with E-state index in [9.17, 15) is 0 Å². The lowest BCUT2D eigenvalue weighted by atomic mass is 9.99. The van der Waals surface area contributed by atoms with Gasteiger partial charge in [-0.25, -0.2) is 0 Å². The van der Waals surface area contributed by atoms with Gasteiger partial charge >= 0.3 is 0 Å². The first-order valence-electron chi connectivity index (χ1n) is 7.14. The normalized spacial score (nSPS) is 16.6. The number of benzene rings is 1. The van der Waals surface area contributed by atoms with Crippen molar-refractivity contribution in [2.45, 2.75) is 46.2 Å². The zero-order chi connectivity index (χ0) is 13.1. The van der Waals surface area contributed by atoms with Gasteiger partial charge in [-0.1, -0.05) is 26.0 Å². The Hall–Kier alpha value is -1.02. The molecule has 2 rings (SSSR count). The Kier molecular flexibility index (Phi) is 4.28. The van der Waals surface area contributed by atoms with E-state index in [1.54, 1.807) is 0 Å². The number of hydrogen-bond acceptors (Lipinski definition) is 2. The minimum absolute atomic E-state index is 0.624. The SMILES string of the molecule is CC(C)C(C)N(C)Cc1ccc2c(c1)CCCN2. The molecule has 18 heavy (non-hydrogen) atoms. The van der Waals surface area contributed by atoms with Crippen molar-refractivity contribution < 1.29 is 0 Å². The molecular weight excluding hydrogens is 220 g/mol. The van der Waals surface area contributed by atoms with Crippen molar-refractivity contribution in [1.82, 2.24) is 4.90 Å². The van der Waals surface area contributed by atoms with Gasteiger partial charge in [-0.15, -0.1) is 0 Å². The van der Waals surface area contributed by atoms with E-state index in [-0.39, 0.29) is 0 Å². The largest absolute Gasteiger partial charge is 0.385 e. The van der Waals surface area contributed by atoms with Crippen molar-refractivity contribution in [1.29, 1.82) is 0 Å². The highest BCUT2D eigenvalue weighted by Crippen LogP contribution is 2.24. The summed E-state index contributed by atoms with van der Waals surface area (Å²) in [4.78, 5) is 2.45. The lowest BCUT2D eigenvalue weighted by Gasteiger charge is -2.28. The summed E-state index contributed by atoms with van der Waals surface area (Å²) in [6, 6.07) is 7.52. The Morgan fingerprint density at radius 2 is 2.06 bits per heavy atom. The first-order valence-corrected chi connectivity index (χ1v) is 7.14. The maximum Gasteiger partial charge on any atom is 0.0372 e. The Labute approximate surface area is 111 Å². The van der Waals surface area contributed by atoms with Gasteiger partial charge in [0.15, 0.2) is 0 Å². The standard InChI is InChI=1S/C16H26N2/c1-12(2)13(3)18(4)11-14-7-8-16-15(10-14)6-5-9-17-16/h7-8,10,12-13,17H,5-6,9,11H2,1-4H3. The van der Waals surface area contributed by atoms with E-state index in [0.717, 1.165) is 13.1 Å². The summed E-state index contributed by atoms with van der Waals surface area (Å²) in [5.74, 6) is 0.703. The number of aryl methyl sites for hydroxylation is 1. The van der Waals surface area contributed by atoms with Crippen LogP contribution in [0.1, 0.15) is 38.3 Å². The maximum absolute atomic E-state index is 3.47. The summed E-state index contributed by atoms with van der Waals surface area (Å²) in [7, 11) is 2.22. The molecule has 0 saturated heterocycles. The Bertz CT molecular complexity index is 398. The fourth-order valence-corrected chi connectivity index (χ4v) is 2.57. The van der Waals surface area contributed by atoms with Gasteiger partial charge in [0, 0.05) is 24.8 Å². The molecule has 1 atom stereocenters. The van der Waals surface area contributed by atoms with Gasteiger partial charge in [-0.2, -0.15) is 0 Å². The van der Waals surface area contributed by atoms with Crippen LogP contribution in [0.25, 0.3) is 0 Å². The van der Waals surface area contributed by atoms with Crippen molar-refractivity contribution >= 4 is 5.69 Å². The summed E-state index contributed by atoms with van der Waals surface area (Å²) in [5.41, 5.74) is 4.27. The molecular formula is C16H26N2. The Morgan fingerprint density at radius 1 is 1.28 bits per heavy atom. The van der Waals surface area contributed by atoms with Gasteiger partial charge in [0.05, 0.1) is 0 Å². The van der Waals surface area contributed by atoms with Gasteiger partial charge in [0.1, 0.15) is 0 Å². The molecule has 0 aromatic heterocycles. The van der Waals surface area contributed by atoms with Gasteiger partial charge < -0.3 is 5.32 Å². The first kappa shape index (κ1) is 13.4. The van der Waals surface area contributed by atoms with Crippen LogP contribution in [0.5, 0.6) is 0 Å². The van der Waals surface area contributed by atoms with Crippen LogP contribution in [-0.2, 0) is 13.0 Å². The fraction of sp³-hybridized carbons (Fsp3) is 0.625. The van der Waals surface area contributed by atoms with Crippen molar-refractivity contribution in [3.8, 4) is 0 Å². The molecule has 0 fully saturated rings. The molecule has 100 valence electrons. The van der Waals surface area contributed by atoms with Crippen LogP contribution >= 0.6 is 0 Å². The van der Waals surface area contributed by atoms with Gasteiger partial charge in [0.25, 0.3) is 0 Å². The van der Waals surface area contributed by atoms with Crippen LogP contribution in [0.4, 0.5) is 5.69 Å². The third-order valence-electron chi connectivity index (χ3n) is 4.20. The van der Waals surface area contributed by atoms with Crippen LogP contribution in [0.15, 0.2) is 18.2 Å². The van der Waals surface area contributed by atoms with E-state index in [1.165, 1.54) is 29.7 Å². The molecule has 0 saturated carbocycles. The summed E-state index contributed by atoms with van der Waals surface area (Å²) in [6.07, 6.45) is 2.48. The molecule has 2 heteroatoms. The van der Waals surface area contributed by atoms with Crippen molar-refractivity contribution in [2.75, 3.05) is 18.9 Å². The third kappa shape index (κ3) is 3.05. The molecule has 1 heterocycles. The fourth-order valence-electron chi connectivity index (χ4n) is 2.57. The average molecular weight is 246 g/mol. The molecule has 0 bridgehead atoms. The number of nitrogens with one attached hydrogen (secondary N) is 1. The number of rotatable bonds is 4. The van der Waals surface area contributed by atoms with E-state index in [2.05, 4.69) is 56.2 Å². The highest BCUT2D eigenvalue weighted by Gasteiger charge is 2.14. The zero-order valence-electron chi connectivity index (χ0n) is 12.2. The summed E-state index contributed by atoms with van der Waals surface area (Å²) in [5, 5.41) is 3.47. The molecule has 0 aliphatic carbocycles. The van der Waals surface area contributed by atoms with Crippen LogP contribution in [-0.4, -0.2) is 24.5 Å². The highest BCUT2D eigenvalue weighted by molar-refractivity contribution is 5.54. The molecule has 0 radical (unpaired) electrons. The van der Waals surface area contributed by atoms with Crippen LogP contribution < -0.4 is 5.32 Å². The molecule has 1 aromatic rings. The minimum Gasteiger partial charge on any atom is -0.385 e. The summed E-state index contributed by atoms with van der Waals surface area (Å²) in [6.45, 7) is 9.06. The maximum atomic E-state index is 3.47. The van der Waals surface area contributed by atoms with Gasteiger partial charge in [-0.3, -0.25) is 4.90 Å². The van der Waals surface area contributed by atoms with Crippen LogP contribution in [0.3, 0.4) is 0 Å². The topological polar surface area (TPSA) is 15.3 Å². The molecule has 1 aliphatic heterocycles. The van der Waals surface area contributed by atoms with E-state index in [4.69, 9.17) is 0 Å². The quantitative estimate of drug-likeness (QED) is 0.874. The molecule has 0 amide bonds. The molecule has 0 spiro atoms. The summed E-state index contributed by atoms with van der Waals surface area (Å²) >= 11 is 0. The predicted octanol–water partition coefficient (Wildman–Crippen LogP) is 3.52.